The van der Waals surface area contributed by atoms with Crippen molar-refractivity contribution in [2.75, 3.05) is 13.1 Å². The quantitative estimate of drug-likeness (QED) is 0.715. The van der Waals surface area contributed by atoms with Crippen LogP contribution in [0.25, 0.3) is 0 Å². The van der Waals surface area contributed by atoms with Gasteiger partial charge in [0, 0.05) is 11.6 Å². The van der Waals surface area contributed by atoms with Crippen LogP contribution in [0.15, 0.2) is 34.2 Å². The van der Waals surface area contributed by atoms with Gasteiger partial charge >= 0.3 is 0 Å². The van der Waals surface area contributed by atoms with Crippen molar-refractivity contribution >= 4 is 34.2 Å². The van der Waals surface area contributed by atoms with Gasteiger partial charge in [-0.25, -0.2) is 8.42 Å². The van der Waals surface area contributed by atoms with Crippen molar-refractivity contribution < 1.29 is 13.2 Å². The van der Waals surface area contributed by atoms with Crippen molar-refractivity contribution in [1.82, 2.24) is 15.4 Å². The number of carbonyl (C=O) groups is 1. The van der Waals surface area contributed by atoms with Crippen LogP contribution in [0.2, 0.25) is 0 Å². The molecule has 0 spiro atoms. The van der Waals surface area contributed by atoms with Crippen molar-refractivity contribution in [3.8, 4) is 0 Å². The number of amidine groups is 1. The van der Waals surface area contributed by atoms with Crippen LogP contribution in [-0.4, -0.2) is 45.3 Å². The molecule has 1 atom stereocenters. The van der Waals surface area contributed by atoms with Crippen LogP contribution in [-0.2, 0) is 14.8 Å². The number of sulfonamides is 1. The highest BCUT2D eigenvalue weighted by Crippen LogP contribution is 2.22. The van der Waals surface area contributed by atoms with Gasteiger partial charge in [-0.1, -0.05) is 12.1 Å². The number of nitrogens with one attached hydrogen (secondary N) is 3. The summed E-state index contributed by atoms with van der Waals surface area (Å²) in [6, 6.07) is 6.11. The molecule has 1 saturated heterocycles. The molecule has 1 unspecified atom stereocenters. The number of nitrogens with zero attached hydrogens (tertiary/aromatic N) is 1. The summed E-state index contributed by atoms with van der Waals surface area (Å²) in [6.07, 6.45) is 1.79. The molecular weight excluding hydrogens is 352 g/mol. The van der Waals surface area contributed by atoms with Gasteiger partial charge in [-0.15, -0.1) is 12.4 Å². The summed E-state index contributed by atoms with van der Waals surface area (Å²) in [5.74, 6) is 0.0431. The number of carbonyl (C=O) groups excluding carboxylic acids is 1. The summed E-state index contributed by atoms with van der Waals surface area (Å²) < 4.78 is 26.5. The van der Waals surface area contributed by atoms with Crippen molar-refractivity contribution in [3.63, 3.8) is 0 Å². The smallest absolute Gasteiger partial charge is 0.263 e. The largest absolute Gasteiger partial charge is 0.351 e. The average Bonchev–Trinajstić information content (AvgIpc) is 2.79. The normalized spacial score (nSPS) is 22.1. The molecule has 1 amide bonds. The van der Waals surface area contributed by atoms with E-state index in [-0.39, 0.29) is 35.1 Å². The first-order valence-corrected chi connectivity index (χ1v) is 9.17. The third-order valence-electron chi connectivity index (χ3n) is 4.05. The molecule has 1 aromatic carbocycles. The lowest BCUT2D eigenvalue weighted by atomic mass is 10.1. The maximum absolute atomic E-state index is 12.3. The van der Waals surface area contributed by atoms with E-state index in [0.29, 0.717) is 5.56 Å². The van der Waals surface area contributed by atoms with Crippen molar-refractivity contribution in [2.45, 2.75) is 36.7 Å². The van der Waals surface area contributed by atoms with E-state index in [1.165, 1.54) is 6.07 Å². The zero-order valence-corrected chi connectivity index (χ0v) is 14.9. The zero-order valence-electron chi connectivity index (χ0n) is 13.3. The number of aliphatic imine (C=N–C) groups is 1. The third-order valence-corrected chi connectivity index (χ3v) is 5.45. The van der Waals surface area contributed by atoms with Gasteiger partial charge in [-0.3, -0.25) is 14.5 Å². The van der Waals surface area contributed by atoms with E-state index in [4.69, 9.17) is 0 Å². The van der Waals surface area contributed by atoms with Crippen molar-refractivity contribution in [3.05, 3.63) is 29.8 Å². The third kappa shape index (κ3) is 3.88. The fraction of sp³-hybridized carbons (Fsp3) is 0.467. The molecule has 0 bridgehead atoms. The standard InChI is InChI=1S/C15H20N4O3S.ClH/c1-10(15(20)18-11-6-8-16-9-7-11)17-14-12-4-2-3-5-13(12)23(21,22)19-14;/h2-5,10-11,16H,6-9H2,1H3,(H,17,19)(H,18,20);1H. The molecule has 2 heterocycles. The Kier molecular flexibility index (Phi) is 5.84. The SMILES string of the molecule is CC(N=C1NS(=O)(=O)c2ccccc21)C(=O)NC1CCNCC1.Cl. The first-order chi connectivity index (χ1) is 11.0. The number of rotatable bonds is 3. The van der Waals surface area contributed by atoms with Gasteiger partial charge in [0.1, 0.15) is 11.9 Å². The number of hydrogen-bond donors (Lipinski definition) is 3. The van der Waals surface area contributed by atoms with Crippen LogP contribution < -0.4 is 15.4 Å². The topological polar surface area (TPSA) is 99.7 Å². The molecule has 1 aromatic rings. The van der Waals surface area contributed by atoms with E-state index in [2.05, 4.69) is 20.3 Å². The second-order valence-electron chi connectivity index (χ2n) is 5.79. The molecule has 1 fully saturated rings. The molecule has 0 saturated carbocycles. The van der Waals surface area contributed by atoms with Crippen LogP contribution in [0.1, 0.15) is 25.3 Å². The molecule has 2 aliphatic heterocycles. The molecule has 24 heavy (non-hydrogen) atoms. The maximum atomic E-state index is 12.3. The first kappa shape index (κ1) is 18.7. The van der Waals surface area contributed by atoms with E-state index in [0.717, 1.165) is 25.9 Å². The first-order valence-electron chi connectivity index (χ1n) is 7.68. The maximum Gasteiger partial charge on any atom is 0.263 e. The van der Waals surface area contributed by atoms with Crippen LogP contribution in [0.5, 0.6) is 0 Å². The Morgan fingerprint density at radius 3 is 2.67 bits per heavy atom. The summed E-state index contributed by atoms with van der Waals surface area (Å²) in [5, 5.41) is 6.21. The van der Waals surface area contributed by atoms with Crippen molar-refractivity contribution in [1.29, 1.82) is 0 Å². The van der Waals surface area contributed by atoms with Gasteiger partial charge < -0.3 is 10.6 Å². The number of hydrogen-bond acceptors (Lipinski definition) is 5. The van der Waals surface area contributed by atoms with Crippen molar-refractivity contribution in [2.24, 2.45) is 4.99 Å². The lowest BCUT2D eigenvalue weighted by molar-refractivity contribution is -0.122. The Balaban J connectivity index is 0.00000208. The minimum Gasteiger partial charge on any atom is -0.351 e. The van der Waals surface area contributed by atoms with Gasteiger partial charge in [0.15, 0.2) is 0 Å². The number of halogens is 1. The second kappa shape index (κ2) is 7.50. The van der Waals surface area contributed by atoms with E-state index in [1.807, 2.05) is 0 Å². The average molecular weight is 373 g/mol. The Labute approximate surface area is 147 Å². The molecule has 132 valence electrons. The van der Waals surface area contributed by atoms with Gasteiger partial charge in [-0.05, 0) is 45.0 Å². The Hall–Kier alpha value is -1.64. The molecule has 0 aromatic heterocycles. The summed E-state index contributed by atoms with van der Waals surface area (Å²) in [5.41, 5.74) is 0.508. The monoisotopic (exact) mass is 372 g/mol. The highest BCUT2D eigenvalue weighted by atomic mass is 35.5. The van der Waals surface area contributed by atoms with E-state index >= 15 is 0 Å². The number of benzene rings is 1. The van der Waals surface area contributed by atoms with Crippen LogP contribution in [0.4, 0.5) is 0 Å². The fourth-order valence-corrected chi connectivity index (χ4v) is 4.01. The van der Waals surface area contributed by atoms with Gasteiger partial charge in [-0.2, -0.15) is 0 Å². The fourth-order valence-electron chi connectivity index (χ4n) is 2.77. The predicted molar refractivity (Wildman–Crippen MR) is 94.0 cm³/mol. The lowest BCUT2D eigenvalue weighted by Gasteiger charge is -2.24. The van der Waals surface area contributed by atoms with Gasteiger partial charge in [0.05, 0.1) is 4.90 Å². The van der Waals surface area contributed by atoms with Gasteiger partial charge in [0.2, 0.25) is 5.91 Å². The summed E-state index contributed by atoms with van der Waals surface area (Å²) in [6.45, 7) is 3.45. The molecule has 7 nitrogen and oxygen atoms in total. The Bertz CT molecular complexity index is 745. The van der Waals surface area contributed by atoms with Crippen LogP contribution in [0.3, 0.4) is 0 Å². The Morgan fingerprint density at radius 1 is 1.29 bits per heavy atom. The number of amides is 1. The molecule has 9 heteroatoms. The summed E-state index contributed by atoms with van der Waals surface area (Å²) in [4.78, 5) is 16.7. The molecular formula is C15H21ClN4O3S. The molecule has 0 aliphatic carbocycles. The number of piperidine rings is 1. The predicted octanol–water partition coefficient (Wildman–Crippen LogP) is 0.404. The lowest BCUT2D eigenvalue weighted by Crippen LogP contribution is -2.45. The van der Waals surface area contributed by atoms with E-state index in [9.17, 15) is 13.2 Å². The second-order valence-corrected chi connectivity index (χ2v) is 7.44. The molecule has 0 radical (unpaired) electrons. The Morgan fingerprint density at radius 2 is 1.96 bits per heavy atom. The highest BCUT2D eigenvalue weighted by molar-refractivity contribution is 7.90. The minimum absolute atomic E-state index is 0. The van der Waals surface area contributed by atoms with Crippen LogP contribution in [0, 0.1) is 0 Å². The zero-order chi connectivity index (χ0) is 16.4. The minimum atomic E-state index is -3.57. The van der Waals surface area contributed by atoms with E-state index in [1.54, 1.807) is 25.1 Å². The summed E-state index contributed by atoms with van der Waals surface area (Å²) >= 11 is 0. The molecule has 3 rings (SSSR count). The molecule has 2 aliphatic rings. The summed E-state index contributed by atoms with van der Waals surface area (Å²) in [7, 11) is -3.57. The van der Waals surface area contributed by atoms with Gasteiger partial charge in [0.25, 0.3) is 10.0 Å². The number of fused-ring (bicyclic) bond motifs is 1. The molecule has 3 N–H and O–H groups in total. The highest BCUT2D eigenvalue weighted by Gasteiger charge is 2.31. The van der Waals surface area contributed by atoms with E-state index < -0.39 is 16.1 Å². The van der Waals surface area contributed by atoms with Crippen LogP contribution >= 0.6 is 12.4 Å².